The molecular formula is C17H21BN5O5P. The van der Waals surface area contributed by atoms with Crippen molar-refractivity contribution in [1.82, 2.24) is 19.5 Å². The number of aliphatic hydroxyl groups is 1. The summed E-state index contributed by atoms with van der Waals surface area (Å²) in [4.78, 5) is 23.2. The second kappa shape index (κ2) is 7.28. The molecule has 0 bridgehead atoms. The fourth-order valence-electron chi connectivity index (χ4n) is 3.70. The molecule has 5 rings (SSSR count). The van der Waals surface area contributed by atoms with E-state index in [4.69, 9.17) is 13.8 Å². The molecule has 152 valence electrons. The third-order valence-electron chi connectivity index (χ3n) is 5.12. The molecule has 29 heavy (non-hydrogen) atoms. The van der Waals surface area contributed by atoms with Crippen LogP contribution < -0.4 is 5.32 Å². The molecule has 2 aromatic heterocycles. The molecule has 2 aliphatic rings. The van der Waals surface area contributed by atoms with Gasteiger partial charge < -0.3 is 0 Å². The average molecular weight is 417 g/mol. The Bertz CT molecular complexity index is 1020. The van der Waals surface area contributed by atoms with Crippen molar-refractivity contribution in [1.29, 1.82) is 0 Å². The van der Waals surface area contributed by atoms with Crippen LogP contribution in [0, 0.1) is 0 Å². The van der Waals surface area contributed by atoms with E-state index >= 15 is 0 Å². The number of nitrogens with zero attached hydrogens (tertiary/aromatic N) is 4. The Labute approximate surface area is 167 Å². The van der Waals surface area contributed by atoms with E-state index in [2.05, 4.69) is 20.3 Å². The first-order valence-corrected chi connectivity index (χ1v) is 11.6. The van der Waals surface area contributed by atoms with Crippen molar-refractivity contribution in [3.63, 3.8) is 0 Å². The first kappa shape index (κ1) is 18.9. The van der Waals surface area contributed by atoms with Crippen LogP contribution in [-0.2, 0) is 20.3 Å². The Kier molecular flexibility index (Phi) is 4.74. The van der Waals surface area contributed by atoms with E-state index in [9.17, 15) is 10.00 Å². The van der Waals surface area contributed by atoms with Crippen molar-refractivity contribution in [2.24, 2.45) is 0 Å². The summed E-state index contributed by atoms with van der Waals surface area (Å²) in [5.74, 6) is 0.595. The molecular weight excluding hydrogens is 396 g/mol. The van der Waals surface area contributed by atoms with Gasteiger partial charge in [-0.25, -0.2) is 0 Å². The van der Waals surface area contributed by atoms with Gasteiger partial charge in [0.1, 0.15) is 0 Å². The second-order valence-corrected chi connectivity index (χ2v) is 9.55. The van der Waals surface area contributed by atoms with Gasteiger partial charge in [0.15, 0.2) is 0 Å². The minimum atomic E-state index is -3.24. The van der Waals surface area contributed by atoms with Crippen LogP contribution >= 0.6 is 7.82 Å². The molecule has 2 saturated heterocycles. The third-order valence-corrected chi connectivity index (χ3v) is 6.53. The summed E-state index contributed by atoms with van der Waals surface area (Å²) in [6.07, 6.45) is 0.131. The van der Waals surface area contributed by atoms with E-state index in [1.807, 2.05) is 30.3 Å². The molecule has 0 aliphatic carbocycles. The summed E-state index contributed by atoms with van der Waals surface area (Å²) < 4.78 is 18.5. The Morgan fingerprint density at radius 3 is 2.90 bits per heavy atom. The van der Waals surface area contributed by atoms with E-state index in [0.29, 0.717) is 23.5 Å². The molecule has 0 amide bonds. The topological polar surface area (TPSA) is 124 Å². The van der Waals surface area contributed by atoms with Gasteiger partial charge in [0.05, 0.1) is 0 Å². The second-order valence-electron chi connectivity index (χ2n) is 7.23. The van der Waals surface area contributed by atoms with E-state index in [1.165, 1.54) is 13.9 Å². The van der Waals surface area contributed by atoms with E-state index in [0.717, 1.165) is 5.56 Å². The Morgan fingerprint density at radius 2 is 2.07 bits per heavy atom. The molecule has 0 spiro atoms. The summed E-state index contributed by atoms with van der Waals surface area (Å²) in [5, 5.41) is 14.0. The van der Waals surface area contributed by atoms with E-state index < -0.39 is 32.4 Å². The van der Waals surface area contributed by atoms with Gasteiger partial charge in [-0.3, -0.25) is 0 Å². The monoisotopic (exact) mass is 417 g/mol. The predicted molar refractivity (Wildman–Crippen MR) is 109 cm³/mol. The molecule has 0 saturated carbocycles. The first-order valence-electron chi connectivity index (χ1n) is 9.35. The SMILES string of the molecule is B[PH]1(O)OC[C@H]2O[C@@H](n3cnc4c(NCc5ccccc5)ncnc43)C(O)[C@@H]2O1. The van der Waals surface area contributed by atoms with Crippen LogP contribution in [0.3, 0.4) is 0 Å². The van der Waals surface area contributed by atoms with Crippen LogP contribution in [0.25, 0.3) is 11.2 Å². The number of hydrogen-bond donors (Lipinski definition) is 3. The van der Waals surface area contributed by atoms with Gasteiger partial charge in [-0.1, -0.05) is 18.2 Å². The summed E-state index contributed by atoms with van der Waals surface area (Å²) in [6, 6.07) is 9.97. The van der Waals surface area contributed by atoms with Crippen LogP contribution in [0.5, 0.6) is 0 Å². The number of ether oxygens (including phenoxy) is 1. The number of benzene rings is 1. The number of fused-ring (bicyclic) bond motifs is 2. The van der Waals surface area contributed by atoms with Crippen LogP contribution in [0.2, 0.25) is 0 Å². The maximum atomic E-state index is 10.8. The maximum absolute atomic E-state index is 10.8. The summed E-state index contributed by atoms with van der Waals surface area (Å²) in [5.41, 5.74) is 2.22. The standard InChI is InChI=1S/C17H21BN5O5P/c18-29(25)26-7-11-14(28-29)13(24)17(27-11)23-9-22-12-15(20-8-21-16(12)23)19-6-10-4-2-1-3-5-10/h1-5,8-9,11,13-14,17,24-25,29H,6-7,18H2,(H,19,20,21)/t11-,13?,14-,17-/m1/s1. The van der Waals surface area contributed by atoms with Crippen LogP contribution in [0.15, 0.2) is 43.0 Å². The summed E-state index contributed by atoms with van der Waals surface area (Å²) >= 11 is 0. The molecule has 10 nitrogen and oxygen atoms in total. The van der Waals surface area contributed by atoms with Gasteiger partial charge in [0.25, 0.3) is 0 Å². The summed E-state index contributed by atoms with van der Waals surface area (Å²) in [6.45, 7) is 0.764. The molecule has 4 atom stereocenters. The molecule has 2 aliphatic heterocycles. The number of aromatic nitrogens is 4. The molecule has 0 radical (unpaired) electrons. The number of imidazole rings is 1. The number of anilines is 1. The number of aliphatic hydroxyl groups excluding tert-OH is 1. The normalized spacial score (nSPS) is 29.4. The average Bonchev–Trinajstić information content (AvgIpc) is 3.28. The Balaban J connectivity index is 1.40. The van der Waals surface area contributed by atoms with Gasteiger partial charge in [-0.05, 0) is 0 Å². The fourth-order valence-corrected chi connectivity index (χ4v) is 5.04. The fraction of sp³-hybridized carbons (Fsp3) is 0.353. The van der Waals surface area contributed by atoms with Gasteiger partial charge in [-0.2, -0.15) is 0 Å². The number of rotatable bonds is 4. The molecule has 3 aromatic rings. The molecule has 4 heterocycles. The van der Waals surface area contributed by atoms with Crippen LogP contribution in [-0.4, -0.2) is 62.0 Å². The Hall–Kier alpha value is -2.14. The van der Waals surface area contributed by atoms with Crippen LogP contribution in [0.4, 0.5) is 5.82 Å². The minimum absolute atomic E-state index is 0.170. The van der Waals surface area contributed by atoms with Gasteiger partial charge >= 0.3 is 149 Å². The third kappa shape index (κ3) is 3.50. The molecule has 12 heteroatoms. The van der Waals surface area contributed by atoms with Gasteiger partial charge in [0.2, 0.25) is 0 Å². The quantitative estimate of drug-likeness (QED) is 0.402. The molecule has 1 aromatic carbocycles. The van der Waals surface area contributed by atoms with Crippen molar-refractivity contribution in [2.75, 3.05) is 11.9 Å². The van der Waals surface area contributed by atoms with Crippen LogP contribution in [0.1, 0.15) is 11.8 Å². The van der Waals surface area contributed by atoms with Crippen molar-refractivity contribution >= 4 is 32.4 Å². The molecule has 2 fully saturated rings. The molecule has 3 N–H and O–H groups in total. The van der Waals surface area contributed by atoms with Crippen molar-refractivity contribution in [3.8, 4) is 0 Å². The van der Waals surface area contributed by atoms with Gasteiger partial charge in [0, 0.05) is 0 Å². The van der Waals surface area contributed by atoms with E-state index in [1.54, 1.807) is 10.9 Å². The summed E-state index contributed by atoms with van der Waals surface area (Å²) in [7, 11) is -1.72. The number of hydrogen-bond acceptors (Lipinski definition) is 9. The zero-order valence-corrected chi connectivity index (χ0v) is 16.7. The zero-order chi connectivity index (χ0) is 20.0. The van der Waals surface area contributed by atoms with Crippen molar-refractivity contribution in [3.05, 3.63) is 48.5 Å². The Morgan fingerprint density at radius 1 is 1.24 bits per heavy atom. The first-order chi connectivity index (χ1) is 14.0. The van der Waals surface area contributed by atoms with E-state index in [-0.39, 0.29) is 6.61 Å². The molecule has 1 unspecified atom stereocenters. The predicted octanol–water partition coefficient (Wildman–Crippen LogP) is 0.147. The number of nitrogens with one attached hydrogen (secondary N) is 1. The van der Waals surface area contributed by atoms with Crippen molar-refractivity contribution < 1.29 is 23.8 Å². The van der Waals surface area contributed by atoms with Gasteiger partial charge in [-0.15, -0.1) is 0 Å². The zero-order valence-electron chi connectivity index (χ0n) is 15.7. The van der Waals surface area contributed by atoms with Crippen molar-refractivity contribution in [2.45, 2.75) is 31.1 Å².